The first-order valence-corrected chi connectivity index (χ1v) is 8.06. The fourth-order valence-electron chi connectivity index (χ4n) is 2.70. The van der Waals surface area contributed by atoms with Crippen molar-refractivity contribution in [3.8, 4) is 11.3 Å². The van der Waals surface area contributed by atoms with Crippen LogP contribution in [-0.2, 0) is 0 Å². The highest BCUT2D eigenvalue weighted by atomic mass is 16.4. The number of oxime groups is 1. The van der Waals surface area contributed by atoms with Gasteiger partial charge in [0.05, 0.1) is 11.4 Å². The number of hydrogen-bond donors (Lipinski definition) is 2. The average molecular weight is 332 g/mol. The van der Waals surface area contributed by atoms with E-state index in [4.69, 9.17) is 5.73 Å². The number of aromatic nitrogens is 2. The lowest BCUT2D eigenvalue weighted by atomic mass is 10.1. The lowest BCUT2D eigenvalue weighted by Gasteiger charge is -2.06. The van der Waals surface area contributed by atoms with Crippen molar-refractivity contribution in [2.45, 2.75) is 13.3 Å². The van der Waals surface area contributed by atoms with Gasteiger partial charge >= 0.3 is 0 Å². The first-order valence-electron chi connectivity index (χ1n) is 8.06. The molecule has 3 aromatic rings. The van der Waals surface area contributed by atoms with E-state index in [2.05, 4.69) is 10.1 Å². The number of anilines is 1. The summed E-state index contributed by atoms with van der Waals surface area (Å²) < 4.78 is 1.93. The van der Waals surface area contributed by atoms with Crippen LogP contribution in [0.1, 0.15) is 18.9 Å². The summed E-state index contributed by atoms with van der Waals surface area (Å²) in [6, 6.07) is 13.6. The minimum atomic E-state index is 0.471. The summed E-state index contributed by atoms with van der Waals surface area (Å²) >= 11 is 0. The third-order valence-corrected chi connectivity index (χ3v) is 3.90. The number of nitrogen functional groups attached to an aromatic ring is 1. The smallest absolute Gasteiger partial charge is 0.150 e. The number of benzene rings is 1. The van der Waals surface area contributed by atoms with Crippen LogP contribution < -0.4 is 5.73 Å². The van der Waals surface area contributed by atoms with Gasteiger partial charge in [-0.1, -0.05) is 59.8 Å². The van der Waals surface area contributed by atoms with Crippen LogP contribution in [0.4, 0.5) is 5.82 Å². The molecule has 0 spiro atoms. The minimum Gasteiger partial charge on any atom is -0.411 e. The van der Waals surface area contributed by atoms with E-state index < -0.39 is 0 Å². The molecule has 0 atom stereocenters. The van der Waals surface area contributed by atoms with Gasteiger partial charge in [-0.15, -0.1) is 0 Å². The Labute approximate surface area is 146 Å². The second kappa shape index (κ2) is 7.49. The molecule has 0 radical (unpaired) electrons. The van der Waals surface area contributed by atoms with Gasteiger partial charge in [0.25, 0.3) is 0 Å². The maximum atomic E-state index is 9.39. The second-order valence-electron chi connectivity index (χ2n) is 5.56. The van der Waals surface area contributed by atoms with Crippen molar-refractivity contribution in [3.05, 3.63) is 78.5 Å². The van der Waals surface area contributed by atoms with Crippen LogP contribution in [0.25, 0.3) is 16.9 Å². The molecule has 0 aliphatic heterocycles. The monoisotopic (exact) mass is 332 g/mol. The number of pyridine rings is 1. The number of imidazole rings is 1. The normalized spacial score (nSPS) is 12.6. The molecule has 0 aliphatic rings. The summed E-state index contributed by atoms with van der Waals surface area (Å²) in [6.07, 6.45) is 10.2. The maximum Gasteiger partial charge on any atom is 0.150 e. The van der Waals surface area contributed by atoms with Crippen LogP contribution in [0.5, 0.6) is 0 Å². The lowest BCUT2D eigenvalue weighted by molar-refractivity contribution is 0.318. The number of rotatable bonds is 5. The first kappa shape index (κ1) is 16.5. The highest BCUT2D eigenvalue weighted by Gasteiger charge is 2.13. The van der Waals surface area contributed by atoms with Crippen LogP contribution >= 0.6 is 0 Å². The Balaban J connectivity index is 2.04. The van der Waals surface area contributed by atoms with Crippen molar-refractivity contribution in [2.24, 2.45) is 5.16 Å². The molecule has 0 fully saturated rings. The number of hydrogen-bond acceptors (Lipinski definition) is 4. The maximum absolute atomic E-state index is 9.39. The number of nitrogens with two attached hydrogens (primary N) is 1. The molecule has 0 unspecified atom stereocenters. The van der Waals surface area contributed by atoms with Gasteiger partial charge in [-0.25, -0.2) is 4.98 Å². The number of fused-ring (bicyclic) bond motifs is 1. The van der Waals surface area contributed by atoms with E-state index in [0.717, 1.165) is 22.5 Å². The van der Waals surface area contributed by atoms with E-state index >= 15 is 0 Å². The quantitative estimate of drug-likeness (QED) is 0.317. The number of nitrogens with zero attached hydrogens (tertiary/aromatic N) is 3. The predicted molar refractivity (Wildman–Crippen MR) is 102 cm³/mol. The Morgan fingerprint density at radius 3 is 2.72 bits per heavy atom. The van der Waals surface area contributed by atoms with E-state index in [0.29, 0.717) is 18.0 Å². The fourth-order valence-corrected chi connectivity index (χ4v) is 2.70. The lowest BCUT2D eigenvalue weighted by Crippen LogP contribution is -2.02. The molecule has 2 aromatic heterocycles. The fraction of sp³-hybridized carbons (Fsp3) is 0.100. The molecule has 5 heteroatoms. The molecule has 1 aromatic carbocycles. The topological polar surface area (TPSA) is 75.9 Å². The van der Waals surface area contributed by atoms with Crippen molar-refractivity contribution < 1.29 is 5.21 Å². The van der Waals surface area contributed by atoms with Gasteiger partial charge in [0, 0.05) is 23.7 Å². The zero-order valence-corrected chi connectivity index (χ0v) is 14.0. The van der Waals surface area contributed by atoms with Crippen LogP contribution in [0.15, 0.2) is 78.1 Å². The van der Waals surface area contributed by atoms with Crippen LogP contribution in [0.2, 0.25) is 0 Å². The standard InChI is InChI=1S/C20H20N4O/c1-2-3-4-8-11-17(23-25)16-12-13-18-22-20(21)19(24(18)14-16)15-9-6-5-7-10-15/h2-10,12-14,25H,11,21H2,1H3/b3-2-,8-4-,23-17+. The molecule has 126 valence electrons. The van der Waals surface area contributed by atoms with Gasteiger partial charge in [-0.3, -0.25) is 4.40 Å². The Morgan fingerprint density at radius 1 is 1.20 bits per heavy atom. The van der Waals surface area contributed by atoms with Crippen molar-refractivity contribution in [1.29, 1.82) is 0 Å². The minimum absolute atomic E-state index is 0.471. The zero-order valence-electron chi connectivity index (χ0n) is 14.0. The molecule has 0 amide bonds. The predicted octanol–water partition coefficient (Wildman–Crippen LogP) is 4.28. The third-order valence-electron chi connectivity index (χ3n) is 3.90. The highest BCUT2D eigenvalue weighted by Crippen LogP contribution is 2.27. The Hall–Kier alpha value is -3.34. The number of allylic oxidation sites excluding steroid dienone is 4. The van der Waals surface area contributed by atoms with Crippen molar-refractivity contribution in [1.82, 2.24) is 9.38 Å². The molecule has 5 nitrogen and oxygen atoms in total. The first-order chi connectivity index (χ1) is 12.2. The third kappa shape index (κ3) is 3.45. The van der Waals surface area contributed by atoms with Crippen molar-refractivity contribution in [2.75, 3.05) is 5.73 Å². The Morgan fingerprint density at radius 2 is 2.00 bits per heavy atom. The molecule has 25 heavy (non-hydrogen) atoms. The summed E-state index contributed by atoms with van der Waals surface area (Å²) in [5.74, 6) is 0.471. The van der Waals surface area contributed by atoms with Crippen molar-refractivity contribution >= 4 is 17.2 Å². The molecular formula is C20H20N4O. The zero-order chi connectivity index (χ0) is 17.6. The van der Waals surface area contributed by atoms with Crippen molar-refractivity contribution in [3.63, 3.8) is 0 Å². The van der Waals surface area contributed by atoms with E-state index in [1.54, 1.807) is 0 Å². The summed E-state index contributed by atoms with van der Waals surface area (Å²) in [5, 5.41) is 12.8. The summed E-state index contributed by atoms with van der Waals surface area (Å²) in [6.45, 7) is 1.95. The van der Waals surface area contributed by atoms with E-state index in [-0.39, 0.29) is 0 Å². The van der Waals surface area contributed by atoms with E-state index in [1.807, 2.05) is 84.3 Å². The molecule has 3 N–H and O–H groups in total. The van der Waals surface area contributed by atoms with Crippen LogP contribution in [-0.4, -0.2) is 20.3 Å². The molecule has 0 bridgehead atoms. The average Bonchev–Trinajstić information content (AvgIpc) is 2.97. The van der Waals surface area contributed by atoms with E-state index in [1.165, 1.54) is 0 Å². The van der Waals surface area contributed by atoms with Gasteiger partial charge < -0.3 is 10.9 Å². The Kier molecular flexibility index (Phi) is 4.95. The van der Waals surface area contributed by atoms with Gasteiger partial charge in [-0.2, -0.15) is 0 Å². The highest BCUT2D eigenvalue weighted by molar-refractivity contribution is 6.01. The van der Waals surface area contributed by atoms with Gasteiger partial charge in [0.15, 0.2) is 5.82 Å². The molecule has 0 saturated heterocycles. The summed E-state index contributed by atoms with van der Waals surface area (Å²) in [5.41, 5.74) is 10.1. The molecule has 2 heterocycles. The van der Waals surface area contributed by atoms with Crippen LogP contribution in [0.3, 0.4) is 0 Å². The summed E-state index contributed by atoms with van der Waals surface area (Å²) in [7, 11) is 0. The SMILES string of the molecule is C/C=C\C=C/C/C(=N\O)c1ccc2nc(N)c(-c3ccccc3)n2c1. The molecule has 3 rings (SSSR count). The Bertz CT molecular complexity index is 952. The summed E-state index contributed by atoms with van der Waals surface area (Å²) in [4.78, 5) is 4.42. The van der Waals surface area contributed by atoms with Gasteiger partial charge in [0.1, 0.15) is 5.65 Å². The van der Waals surface area contributed by atoms with Crippen LogP contribution in [0, 0.1) is 0 Å². The van der Waals surface area contributed by atoms with Gasteiger partial charge in [-0.05, 0) is 19.1 Å². The largest absolute Gasteiger partial charge is 0.411 e. The molecule has 0 saturated carbocycles. The van der Waals surface area contributed by atoms with Gasteiger partial charge in [0.2, 0.25) is 0 Å². The molecular weight excluding hydrogens is 312 g/mol. The molecule has 0 aliphatic carbocycles. The van der Waals surface area contributed by atoms with E-state index in [9.17, 15) is 5.21 Å². The second-order valence-corrected chi connectivity index (χ2v) is 5.56.